The van der Waals surface area contributed by atoms with Crippen molar-refractivity contribution in [1.29, 1.82) is 0 Å². The summed E-state index contributed by atoms with van der Waals surface area (Å²) in [5.41, 5.74) is 3.22. The van der Waals surface area contributed by atoms with Crippen molar-refractivity contribution < 1.29 is 4.79 Å². The molecule has 4 rings (SSSR count). The Kier molecular flexibility index (Phi) is 5.94. The summed E-state index contributed by atoms with van der Waals surface area (Å²) in [6.45, 7) is 11.1. The molecule has 0 atom stereocenters. The summed E-state index contributed by atoms with van der Waals surface area (Å²) in [5.74, 6) is 0.452. The molecule has 1 amide bonds. The first-order valence-corrected chi connectivity index (χ1v) is 10.6. The molecule has 0 aliphatic carbocycles. The molecule has 0 saturated carbocycles. The first kappa shape index (κ1) is 19.6. The molecule has 7 heteroatoms. The third kappa shape index (κ3) is 4.67. The molecule has 2 aliphatic rings. The molecule has 1 N–H and O–H groups in total. The predicted molar refractivity (Wildman–Crippen MR) is 117 cm³/mol. The summed E-state index contributed by atoms with van der Waals surface area (Å²) in [5, 5.41) is 2.98. The van der Waals surface area contributed by atoms with Crippen LogP contribution in [0, 0.1) is 6.92 Å². The zero-order valence-corrected chi connectivity index (χ0v) is 17.4. The number of carbonyl (C=O) groups excluding carboxylic acids is 1. The van der Waals surface area contributed by atoms with Gasteiger partial charge >= 0.3 is 0 Å². The Morgan fingerprint density at radius 2 is 1.66 bits per heavy atom. The average molecular weight is 395 g/mol. The average Bonchev–Trinajstić information content (AvgIpc) is 3.29. The van der Waals surface area contributed by atoms with Gasteiger partial charge in [0.2, 0.25) is 5.95 Å². The minimum atomic E-state index is -0.196. The highest BCUT2D eigenvalue weighted by molar-refractivity contribution is 6.03. The Morgan fingerprint density at radius 1 is 0.966 bits per heavy atom. The van der Waals surface area contributed by atoms with Gasteiger partial charge in [0.25, 0.3) is 5.91 Å². The summed E-state index contributed by atoms with van der Waals surface area (Å²) >= 11 is 0. The van der Waals surface area contributed by atoms with Crippen molar-refractivity contribution in [2.45, 2.75) is 26.7 Å². The van der Waals surface area contributed by atoms with Gasteiger partial charge in [-0.05, 0) is 56.6 Å². The van der Waals surface area contributed by atoms with E-state index in [1.54, 1.807) is 6.07 Å². The molecule has 1 aromatic heterocycles. The second kappa shape index (κ2) is 8.78. The molecule has 3 heterocycles. The minimum absolute atomic E-state index is 0.196. The highest BCUT2D eigenvalue weighted by atomic mass is 16.1. The number of carbonyl (C=O) groups is 1. The molecular weight excluding hydrogens is 364 g/mol. The van der Waals surface area contributed by atoms with Crippen LogP contribution in [-0.2, 0) is 0 Å². The van der Waals surface area contributed by atoms with Crippen LogP contribution < -0.4 is 15.1 Å². The van der Waals surface area contributed by atoms with Gasteiger partial charge in [0.15, 0.2) is 0 Å². The second-order valence-electron chi connectivity index (χ2n) is 7.81. The molecule has 1 aromatic carbocycles. The molecule has 0 spiro atoms. The zero-order chi connectivity index (χ0) is 20.2. The first-order valence-electron chi connectivity index (χ1n) is 10.6. The smallest absolute Gasteiger partial charge is 0.274 e. The van der Waals surface area contributed by atoms with Crippen LogP contribution in [0.15, 0.2) is 30.3 Å². The third-order valence-electron chi connectivity index (χ3n) is 5.77. The Morgan fingerprint density at radius 3 is 2.31 bits per heavy atom. The fourth-order valence-electron chi connectivity index (χ4n) is 4.00. The Labute approximate surface area is 172 Å². The van der Waals surface area contributed by atoms with Crippen molar-refractivity contribution in [1.82, 2.24) is 14.9 Å². The van der Waals surface area contributed by atoms with E-state index in [0.717, 1.165) is 57.2 Å². The number of nitrogens with zero attached hydrogens (tertiary/aromatic N) is 5. The predicted octanol–water partition coefficient (Wildman–Crippen LogP) is 2.78. The first-order chi connectivity index (χ1) is 14.1. The fraction of sp³-hybridized carbons (Fsp3) is 0.500. The maximum atomic E-state index is 12.8. The van der Waals surface area contributed by atoms with E-state index in [-0.39, 0.29) is 5.91 Å². The number of aryl methyl sites for hydroxylation is 1. The highest BCUT2D eigenvalue weighted by Crippen LogP contribution is 2.22. The number of piperazine rings is 1. The quantitative estimate of drug-likeness (QED) is 0.841. The molecular formula is C22H30N6O. The third-order valence-corrected chi connectivity index (χ3v) is 5.77. The number of amides is 1. The number of likely N-dealkylation sites (N-methyl/N-ethyl adjacent to an activating group) is 1. The highest BCUT2D eigenvalue weighted by Gasteiger charge is 2.20. The number of nitrogens with one attached hydrogen (secondary N) is 1. The molecule has 154 valence electrons. The molecule has 2 fully saturated rings. The van der Waals surface area contributed by atoms with Crippen LogP contribution in [0.1, 0.15) is 35.9 Å². The molecule has 2 aromatic rings. The van der Waals surface area contributed by atoms with Gasteiger partial charge in [-0.15, -0.1) is 0 Å². The van der Waals surface area contributed by atoms with Gasteiger partial charge in [0.1, 0.15) is 5.69 Å². The number of aromatic nitrogens is 2. The van der Waals surface area contributed by atoms with Crippen molar-refractivity contribution in [3.8, 4) is 0 Å². The maximum absolute atomic E-state index is 12.8. The van der Waals surface area contributed by atoms with Gasteiger partial charge in [-0.2, -0.15) is 0 Å². The van der Waals surface area contributed by atoms with Crippen molar-refractivity contribution in [2.24, 2.45) is 0 Å². The van der Waals surface area contributed by atoms with Gasteiger partial charge in [0.05, 0.1) is 0 Å². The Hall–Kier alpha value is -2.67. The lowest BCUT2D eigenvalue weighted by Gasteiger charge is -2.34. The van der Waals surface area contributed by atoms with Crippen LogP contribution in [0.4, 0.5) is 17.3 Å². The molecule has 0 unspecified atom stereocenters. The number of benzene rings is 1. The normalized spacial score (nSPS) is 17.6. The van der Waals surface area contributed by atoms with E-state index in [1.807, 2.05) is 19.1 Å². The molecule has 7 nitrogen and oxygen atoms in total. The van der Waals surface area contributed by atoms with Crippen LogP contribution in [0.25, 0.3) is 0 Å². The lowest BCUT2D eigenvalue weighted by atomic mass is 10.2. The van der Waals surface area contributed by atoms with Gasteiger partial charge in [0, 0.05) is 56.3 Å². The monoisotopic (exact) mass is 394 g/mol. The number of rotatable bonds is 5. The van der Waals surface area contributed by atoms with Crippen LogP contribution in [0.2, 0.25) is 0 Å². The standard InChI is InChI=1S/C22H30N6O/c1-3-26-12-14-28(15-13-26)22-23-17(2)16-20(25-22)21(29)24-18-6-8-19(9-7-18)27-10-4-5-11-27/h6-9,16H,3-5,10-15H2,1-2H3,(H,24,29). The summed E-state index contributed by atoms with van der Waals surface area (Å²) in [7, 11) is 0. The van der Waals surface area contributed by atoms with E-state index in [0.29, 0.717) is 11.6 Å². The lowest BCUT2D eigenvalue weighted by molar-refractivity contribution is 0.102. The van der Waals surface area contributed by atoms with E-state index in [4.69, 9.17) is 0 Å². The summed E-state index contributed by atoms with van der Waals surface area (Å²) in [6.07, 6.45) is 2.50. The topological polar surface area (TPSA) is 64.6 Å². The molecule has 2 aliphatic heterocycles. The lowest BCUT2D eigenvalue weighted by Crippen LogP contribution is -2.47. The van der Waals surface area contributed by atoms with Crippen LogP contribution >= 0.6 is 0 Å². The van der Waals surface area contributed by atoms with Crippen molar-refractivity contribution >= 4 is 23.2 Å². The zero-order valence-electron chi connectivity index (χ0n) is 17.4. The second-order valence-corrected chi connectivity index (χ2v) is 7.81. The summed E-state index contributed by atoms with van der Waals surface area (Å²) in [4.78, 5) is 28.9. The van der Waals surface area contributed by atoms with Crippen molar-refractivity contribution in [3.05, 3.63) is 41.7 Å². The van der Waals surface area contributed by atoms with Crippen LogP contribution in [0.3, 0.4) is 0 Å². The van der Waals surface area contributed by atoms with E-state index in [1.165, 1.54) is 18.5 Å². The molecule has 0 bridgehead atoms. The number of hydrogen-bond acceptors (Lipinski definition) is 6. The van der Waals surface area contributed by atoms with Gasteiger partial charge in [-0.3, -0.25) is 4.79 Å². The van der Waals surface area contributed by atoms with Gasteiger partial charge in [-0.1, -0.05) is 6.92 Å². The Balaban J connectivity index is 1.43. The van der Waals surface area contributed by atoms with Gasteiger partial charge < -0.3 is 20.0 Å². The summed E-state index contributed by atoms with van der Waals surface area (Å²) < 4.78 is 0. The van der Waals surface area contributed by atoms with E-state index in [9.17, 15) is 4.79 Å². The fourth-order valence-corrected chi connectivity index (χ4v) is 4.00. The van der Waals surface area contributed by atoms with Crippen molar-refractivity contribution in [2.75, 3.05) is 60.9 Å². The molecule has 2 saturated heterocycles. The maximum Gasteiger partial charge on any atom is 0.274 e. The minimum Gasteiger partial charge on any atom is -0.372 e. The van der Waals surface area contributed by atoms with E-state index in [2.05, 4.69) is 49.0 Å². The SMILES string of the molecule is CCN1CCN(c2nc(C)cc(C(=O)Nc3ccc(N4CCCC4)cc3)n2)CC1. The summed E-state index contributed by atoms with van der Waals surface area (Å²) in [6, 6.07) is 9.82. The van der Waals surface area contributed by atoms with E-state index >= 15 is 0 Å². The largest absolute Gasteiger partial charge is 0.372 e. The van der Waals surface area contributed by atoms with Crippen LogP contribution in [0.5, 0.6) is 0 Å². The molecule has 29 heavy (non-hydrogen) atoms. The number of anilines is 3. The molecule has 0 radical (unpaired) electrons. The van der Waals surface area contributed by atoms with E-state index < -0.39 is 0 Å². The van der Waals surface area contributed by atoms with Crippen LogP contribution in [-0.4, -0.2) is 66.6 Å². The number of hydrogen-bond donors (Lipinski definition) is 1. The Bertz CT molecular complexity index is 839. The van der Waals surface area contributed by atoms with Crippen molar-refractivity contribution in [3.63, 3.8) is 0 Å². The van der Waals surface area contributed by atoms with Gasteiger partial charge in [-0.25, -0.2) is 9.97 Å².